The molecule has 0 aliphatic rings. The lowest BCUT2D eigenvalue weighted by molar-refractivity contribution is 0.0756. The number of aromatic amines is 2. The minimum atomic E-state index is -0.815. The lowest BCUT2D eigenvalue weighted by atomic mass is 9.95. The van der Waals surface area contributed by atoms with Gasteiger partial charge in [0.15, 0.2) is 5.65 Å². The van der Waals surface area contributed by atoms with Crippen molar-refractivity contribution in [3.8, 4) is 0 Å². The molecule has 0 atom stereocenters. The van der Waals surface area contributed by atoms with Gasteiger partial charge in [0.25, 0.3) is 5.56 Å². The Bertz CT molecular complexity index is 699. The Morgan fingerprint density at radius 1 is 1.35 bits per heavy atom. The largest absolute Gasteiger partial charge is 0.339 e. The topological polar surface area (TPSA) is 101 Å². The van der Waals surface area contributed by atoms with Crippen molar-refractivity contribution in [2.45, 2.75) is 20.8 Å². The van der Waals surface area contributed by atoms with E-state index in [-0.39, 0.29) is 11.2 Å². The highest BCUT2D eigenvalue weighted by Crippen LogP contribution is 2.14. The molecule has 7 nitrogen and oxygen atoms in total. The number of aromatic nitrogens is 4. The summed E-state index contributed by atoms with van der Waals surface area (Å²) in [6.07, 6.45) is 1.29. The maximum atomic E-state index is 12.0. The molecule has 2 rings (SSSR count). The van der Waals surface area contributed by atoms with Gasteiger partial charge >= 0.3 is 5.69 Å². The van der Waals surface area contributed by atoms with Gasteiger partial charge in [-0.15, -0.1) is 0 Å². The molecule has 0 bridgehead atoms. The number of carbonyl (C=O) groups is 1. The Morgan fingerprint density at radius 2 is 2.00 bits per heavy atom. The maximum Gasteiger partial charge on any atom is 0.337 e. The van der Waals surface area contributed by atoms with Crippen LogP contribution in [0, 0.1) is 5.41 Å². The predicted molar refractivity (Wildman–Crippen MR) is 61.1 cm³/mol. The van der Waals surface area contributed by atoms with Gasteiger partial charge < -0.3 is 4.98 Å². The van der Waals surface area contributed by atoms with E-state index in [9.17, 15) is 14.4 Å². The number of hydrogen-bond donors (Lipinski definition) is 2. The number of carbonyl (C=O) groups excluding carboxylic acids is 1. The highest BCUT2D eigenvalue weighted by molar-refractivity contribution is 5.85. The molecule has 0 aliphatic carbocycles. The lowest BCUT2D eigenvalue weighted by Gasteiger charge is -2.16. The van der Waals surface area contributed by atoms with Crippen molar-refractivity contribution in [2.24, 2.45) is 5.41 Å². The Kier molecular flexibility index (Phi) is 2.27. The summed E-state index contributed by atoms with van der Waals surface area (Å²) in [6.45, 7) is 4.91. The third-order valence-corrected chi connectivity index (χ3v) is 2.33. The van der Waals surface area contributed by atoms with Gasteiger partial charge in [-0.2, -0.15) is 4.57 Å². The first kappa shape index (κ1) is 11.3. The van der Waals surface area contributed by atoms with E-state index < -0.39 is 22.6 Å². The van der Waals surface area contributed by atoms with Gasteiger partial charge in [0.1, 0.15) is 5.52 Å². The maximum absolute atomic E-state index is 12.0. The van der Waals surface area contributed by atoms with E-state index in [0.717, 1.165) is 0 Å². The number of fused-ring (bicyclic) bond motifs is 1. The van der Waals surface area contributed by atoms with E-state index in [1.54, 1.807) is 20.8 Å². The van der Waals surface area contributed by atoms with Crippen LogP contribution in [0.1, 0.15) is 25.6 Å². The molecule has 0 aromatic carbocycles. The van der Waals surface area contributed by atoms with Gasteiger partial charge in [-0.3, -0.25) is 14.6 Å². The van der Waals surface area contributed by atoms with Crippen molar-refractivity contribution in [3.05, 3.63) is 27.2 Å². The fourth-order valence-electron chi connectivity index (χ4n) is 1.43. The molecule has 0 unspecified atom stereocenters. The first-order chi connectivity index (χ1) is 7.82. The van der Waals surface area contributed by atoms with Crippen molar-refractivity contribution >= 4 is 17.1 Å². The predicted octanol–water partition coefficient (Wildman–Crippen LogP) is 0.0992. The molecular formula is C10H12N4O3. The molecule has 2 heterocycles. The van der Waals surface area contributed by atoms with E-state index in [4.69, 9.17) is 0 Å². The van der Waals surface area contributed by atoms with E-state index in [0.29, 0.717) is 4.57 Å². The van der Waals surface area contributed by atoms with Gasteiger partial charge in [-0.1, -0.05) is 20.8 Å². The number of H-pyrrole nitrogens is 2. The van der Waals surface area contributed by atoms with E-state index in [1.807, 2.05) is 0 Å². The number of nitrogens with zero attached hydrogens (tertiary/aromatic N) is 2. The molecule has 0 saturated carbocycles. The molecule has 2 aromatic heterocycles. The Hall–Kier alpha value is -2.18. The molecule has 90 valence electrons. The van der Waals surface area contributed by atoms with E-state index >= 15 is 0 Å². The van der Waals surface area contributed by atoms with Crippen LogP contribution in [-0.2, 0) is 0 Å². The summed E-state index contributed by atoms with van der Waals surface area (Å²) in [5.74, 6) is -0.555. The number of nitrogens with one attached hydrogen (secondary N) is 2. The normalized spacial score (nSPS) is 11.9. The SMILES string of the molecule is CC(C)(C)C(=O)n1c(=O)[nH]c2nc[nH]c2c1=O. The van der Waals surface area contributed by atoms with Gasteiger partial charge in [-0.05, 0) is 0 Å². The number of imidazole rings is 1. The smallest absolute Gasteiger partial charge is 0.337 e. The highest BCUT2D eigenvalue weighted by Gasteiger charge is 2.27. The fourth-order valence-corrected chi connectivity index (χ4v) is 1.43. The molecule has 0 saturated heterocycles. The summed E-state index contributed by atoms with van der Waals surface area (Å²) < 4.78 is 0.598. The third-order valence-electron chi connectivity index (χ3n) is 2.33. The molecule has 0 fully saturated rings. The Balaban J connectivity index is 2.83. The van der Waals surface area contributed by atoms with E-state index in [1.165, 1.54) is 6.33 Å². The van der Waals surface area contributed by atoms with Crippen LogP contribution >= 0.6 is 0 Å². The van der Waals surface area contributed by atoms with Crippen LogP contribution in [0.2, 0.25) is 0 Å². The van der Waals surface area contributed by atoms with Crippen LogP contribution in [0.15, 0.2) is 15.9 Å². The van der Waals surface area contributed by atoms with Crippen LogP contribution in [-0.4, -0.2) is 25.4 Å². The third kappa shape index (κ3) is 1.69. The minimum absolute atomic E-state index is 0.113. The van der Waals surface area contributed by atoms with Gasteiger partial charge in [0.2, 0.25) is 5.91 Å². The second kappa shape index (κ2) is 3.41. The van der Waals surface area contributed by atoms with Crippen molar-refractivity contribution in [1.82, 2.24) is 19.5 Å². The zero-order valence-electron chi connectivity index (χ0n) is 9.70. The molecule has 17 heavy (non-hydrogen) atoms. The summed E-state index contributed by atoms with van der Waals surface area (Å²) >= 11 is 0. The zero-order chi connectivity index (χ0) is 12.8. The molecule has 0 radical (unpaired) electrons. The summed E-state index contributed by atoms with van der Waals surface area (Å²) in [5, 5.41) is 0. The molecule has 0 amide bonds. The van der Waals surface area contributed by atoms with Crippen molar-refractivity contribution < 1.29 is 4.79 Å². The minimum Gasteiger partial charge on any atom is -0.339 e. The van der Waals surface area contributed by atoms with E-state index in [2.05, 4.69) is 15.0 Å². The molecule has 2 N–H and O–H groups in total. The number of hydrogen-bond acceptors (Lipinski definition) is 4. The van der Waals surface area contributed by atoms with Gasteiger partial charge in [0, 0.05) is 5.41 Å². The fraction of sp³-hybridized carbons (Fsp3) is 0.400. The zero-order valence-corrected chi connectivity index (χ0v) is 9.70. The second-order valence-electron chi connectivity index (χ2n) is 4.75. The van der Waals surface area contributed by atoms with Crippen LogP contribution in [0.3, 0.4) is 0 Å². The molecule has 0 aliphatic heterocycles. The monoisotopic (exact) mass is 236 g/mol. The Morgan fingerprint density at radius 3 is 2.59 bits per heavy atom. The van der Waals surface area contributed by atoms with Crippen LogP contribution in [0.4, 0.5) is 0 Å². The van der Waals surface area contributed by atoms with Crippen molar-refractivity contribution in [3.63, 3.8) is 0 Å². The summed E-state index contributed by atoms with van der Waals surface area (Å²) in [7, 11) is 0. The van der Waals surface area contributed by atoms with Crippen LogP contribution < -0.4 is 11.2 Å². The average Bonchev–Trinajstić information content (AvgIpc) is 2.64. The van der Waals surface area contributed by atoms with Gasteiger partial charge in [-0.25, -0.2) is 9.78 Å². The summed E-state index contributed by atoms with van der Waals surface area (Å²) in [5.41, 5.74) is -2.00. The quantitative estimate of drug-likeness (QED) is 0.677. The lowest BCUT2D eigenvalue weighted by Crippen LogP contribution is -2.44. The molecule has 7 heteroatoms. The number of rotatable bonds is 0. The van der Waals surface area contributed by atoms with Crippen LogP contribution in [0.25, 0.3) is 11.2 Å². The summed E-state index contributed by atoms with van der Waals surface area (Å²) in [6, 6.07) is 0. The standard InChI is InChI=1S/C10H12N4O3/c1-10(2,3)8(16)14-7(15)5-6(12-4-11-5)13-9(14)17/h4H,1-3H3,(H,11,12)(H,13,17). The Labute approximate surface area is 95.5 Å². The van der Waals surface area contributed by atoms with Gasteiger partial charge in [0.05, 0.1) is 6.33 Å². The van der Waals surface area contributed by atoms with Crippen LogP contribution in [0.5, 0.6) is 0 Å². The van der Waals surface area contributed by atoms with Crippen molar-refractivity contribution in [1.29, 1.82) is 0 Å². The first-order valence-electron chi connectivity index (χ1n) is 5.05. The van der Waals surface area contributed by atoms with Crippen molar-refractivity contribution in [2.75, 3.05) is 0 Å². The average molecular weight is 236 g/mol. The first-order valence-corrected chi connectivity index (χ1v) is 5.05. The highest BCUT2D eigenvalue weighted by atomic mass is 16.2. The molecule has 2 aromatic rings. The second-order valence-corrected chi connectivity index (χ2v) is 4.75. The summed E-state index contributed by atoms with van der Waals surface area (Å²) in [4.78, 5) is 44.3. The molecule has 0 spiro atoms. The molecular weight excluding hydrogens is 224 g/mol.